The molecule has 22 heavy (non-hydrogen) atoms. The minimum absolute atomic E-state index is 0. The van der Waals surface area contributed by atoms with E-state index in [9.17, 15) is 9.59 Å². The van der Waals surface area contributed by atoms with Crippen LogP contribution in [0.5, 0.6) is 5.75 Å². The normalized spacial score (nSPS) is 13.0. The summed E-state index contributed by atoms with van der Waals surface area (Å²) in [5.41, 5.74) is 0.693. The molecular weight excluding hydrogens is 308 g/mol. The first kappa shape index (κ1) is 18.3. The lowest BCUT2D eigenvalue weighted by Gasteiger charge is -2.08. The third-order valence-electron chi connectivity index (χ3n) is 3.14. The Morgan fingerprint density at radius 3 is 2.50 bits per heavy atom. The van der Waals surface area contributed by atoms with Crippen molar-refractivity contribution in [1.82, 2.24) is 5.32 Å². The van der Waals surface area contributed by atoms with Crippen LogP contribution in [0.3, 0.4) is 0 Å². The van der Waals surface area contributed by atoms with Gasteiger partial charge in [0.2, 0.25) is 5.91 Å². The molecule has 0 aromatic heterocycles. The lowest BCUT2D eigenvalue weighted by molar-refractivity contribution is -0.142. The Labute approximate surface area is 136 Å². The highest BCUT2D eigenvalue weighted by molar-refractivity contribution is 5.92. The predicted octanol–water partition coefficient (Wildman–Crippen LogP) is 1.60. The van der Waals surface area contributed by atoms with Crippen molar-refractivity contribution < 1.29 is 19.1 Å². The second kappa shape index (κ2) is 9.27. The Morgan fingerprint density at radius 1 is 1.23 bits per heavy atom. The van der Waals surface area contributed by atoms with Crippen LogP contribution in [-0.2, 0) is 14.3 Å². The molecule has 1 aromatic rings. The molecular formula is C15H21ClN2O4. The van der Waals surface area contributed by atoms with E-state index in [1.165, 1.54) is 20.0 Å². The van der Waals surface area contributed by atoms with Crippen molar-refractivity contribution in [1.29, 1.82) is 0 Å². The SMILES string of the molecule is COC(=O)COc1ccc(NC(=O)CNCC2CC2)cc1.Cl. The molecule has 122 valence electrons. The van der Waals surface area contributed by atoms with Crippen molar-refractivity contribution in [2.24, 2.45) is 5.92 Å². The lowest BCUT2D eigenvalue weighted by Crippen LogP contribution is -2.29. The van der Waals surface area contributed by atoms with E-state index in [1.807, 2.05) is 0 Å². The fraction of sp³-hybridized carbons (Fsp3) is 0.467. The smallest absolute Gasteiger partial charge is 0.343 e. The van der Waals surface area contributed by atoms with Gasteiger partial charge in [0.25, 0.3) is 0 Å². The number of amides is 1. The molecule has 1 saturated carbocycles. The number of hydrogen-bond acceptors (Lipinski definition) is 5. The molecule has 0 saturated heterocycles. The Morgan fingerprint density at radius 2 is 1.91 bits per heavy atom. The van der Waals surface area contributed by atoms with Crippen LogP contribution in [0, 0.1) is 5.92 Å². The van der Waals surface area contributed by atoms with Crippen molar-refractivity contribution in [3.05, 3.63) is 24.3 Å². The highest BCUT2D eigenvalue weighted by Gasteiger charge is 2.20. The minimum atomic E-state index is -0.436. The molecule has 1 aromatic carbocycles. The van der Waals surface area contributed by atoms with Gasteiger partial charge in [-0.2, -0.15) is 0 Å². The van der Waals surface area contributed by atoms with Crippen molar-refractivity contribution in [3.8, 4) is 5.75 Å². The first-order chi connectivity index (χ1) is 10.2. The van der Waals surface area contributed by atoms with Crippen molar-refractivity contribution in [2.45, 2.75) is 12.8 Å². The summed E-state index contributed by atoms with van der Waals surface area (Å²) in [5, 5.41) is 5.92. The molecule has 0 unspecified atom stereocenters. The number of methoxy groups -OCH3 is 1. The number of halogens is 1. The molecule has 1 aliphatic rings. The molecule has 0 radical (unpaired) electrons. The van der Waals surface area contributed by atoms with E-state index in [2.05, 4.69) is 15.4 Å². The minimum Gasteiger partial charge on any atom is -0.482 e. The van der Waals surface area contributed by atoms with Gasteiger partial charge in [-0.05, 0) is 49.6 Å². The molecule has 1 amide bonds. The number of hydrogen-bond donors (Lipinski definition) is 2. The number of ether oxygens (including phenoxy) is 2. The van der Waals surface area contributed by atoms with Crippen molar-refractivity contribution in [3.63, 3.8) is 0 Å². The van der Waals surface area contributed by atoms with Crippen LogP contribution in [0.1, 0.15) is 12.8 Å². The van der Waals surface area contributed by atoms with E-state index >= 15 is 0 Å². The summed E-state index contributed by atoms with van der Waals surface area (Å²) in [5.74, 6) is 0.794. The van der Waals surface area contributed by atoms with E-state index < -0.39 is 5.97 Å². The van der Waals surface area contributed by atoms with Gasteiger partial charge in [0, 0.05) is 5.69 Å². The van der Waals surface area contributed by atoms with Gasteiger partial charge in [0.05, 0.1) is 13.7 Å². The topological polar surface area (TPSA) is 76.7 Å². The Kier molecular flexibility index (Phi) is 7.70. The Hall–Kier alpha value is -1.79. The molecule has 6 nitrogen and oxygen atoms in total. The maximum absolute atomic E-state index is 11.7. The van der Waals surface area contributed by atoms with Crippen LogP contribution in [0.25, 0.3) is 0 Å². The average Bonchev–Trinajstić information content (AvgIpc) is 3.30. The summed E-state index contributed by atoms with van der Waals surface area (Å²) in [6.07, 6.45) is 2.53. The Balaban J connectivity index is 0.00000242. The number of rotatable bonds is 8. The number of benzene rings is 1. The van der Waals surface area contributed by atoms with E-state index in [-0.39, 0.29) is 24.9 Å². The monoisotopic (exact) mass is 328 g/mol. The fourth-order valence-corrected chi connectivity index (χ4v) is 1.75. The predicted molar refractivity (Wildman–Crippen MR) is 85.4 cm³/mol. The fourth-order valence-electron chi connectivity index (χ4n) is 1.75. The second-order valence-electron chi connectivity index (χ2n) is 5.01. The third-order valence-corrected chi connectivity index (χ3v) is 3.14. The first-order valence-electron chi connectivity index (χ1n) is 6.97. The van der Waals surface area contributed by atoms with Crippen LogP contribution in [0.4, 0.5) is 5.69 Å². The van der Waals surface area contributed by atoms with E-state index in [0.717, 1.165) is 12.5 Å². The zero-order valence-electron chi connectivity index (χ0n) is 12.5. The van der Waals surface area contributed by atoms with Gasteiger partial charge >= 0.3 is 5.97 Å². The van der Waals surface area contributed by atoms with Gasteiger partial charge in [-0.15, -0.1) is 12.4 Å². The van der Waals surface area contributed by atoms with Crippen LogP contribution < -0.4 is 15.4 Å². The number of carbonyl (C=O) groups excluding carboxylic acids is 2. The molecule has 0 bridgehead atoms. The second-order valence-corrected chi connectivity index (χ2v) is 5.01. The van der Waals surface area contributed by atoms with E-state index in [4.69, 9.17) is 4.74 Å². The summed E-state index contributed by atoms with van der Waals surface area (Å²) in [4.78, 5) is 22.6. The first-order valence-corrected chi connectivity index (χ1v) is 6.97. The number of nitrogens with one attached hydrogen (secondary N) is 2. The van der Waals surface area contributed by atoms with Crippen LogP contribution in [0.2, 0.25) is 0 Å². The highest BCUT2D eigenvalue weighted by Crippen LogP contribution is 2.27. The van der Waals surface area contributed by atoms with Crippen molar-refractivity contribution in [2.75, 3.05) is 32.1 Å². The summed E-state index contributed by atoms with van der Waals surface area (Å²) < 4.78 is 9.70. The molecule has 7 heteroatoms. The summed E-state index contributed by atoms with van der Waals surface area (Å²) in [7, 11) is 1.31. The molecule has 0 atom stereocenters. The zero-order chi connectivity index (χ0) is 15.1. The highest BCUT2D eigenvalue weighted by atomic mass is 35.5. The third kappa shape index (κ3) is 6.78. The van der Waals surface area contributed by atoms with Gasteiger partial charge in [-0.25, -0.2) is 4.79 Å². The van der Waals surface area contributed by atoms with Gasteiger partial charge < -0.3 is 20.1 Å². The van der Waals surface area contributed by atoms with Gasteiger partial charge in [-0.3, -0.25) is 4.79 Å². The standard InChI is InChI=1S/C15H20N2O4.ClH/c1-20-15(19)10-21-13-6-4-12(5-7-13)17-14(18)9-16-8-11-2-3-11;/h4-7,11,16H,2-3,8-10H2,1H3,(H,17,18);1H. The van der Waals surface area contributed by atoms with Crippen molar-refractivity contribution >= 4 is 30.0 Å². The average molecular weight is 329 g/mol. The van der Waals surface area contributed by atoms with Crippen LogP contribution in [-0.4, -0.2) is 38.7 Å². The largest absolute Gasteiger partial charge is 0.482 e. The maximum atomic E-state index is 11.7. The summed E-state index contributed by atoms with van der Waals surface area (Å²) in [6.45, 7) is 1.10. The lowest BCUT2D eigenvalue weighted by atomic mass is 10.3. The zero-order valence-corrected chi connectivity index (χ0v) is 13.3. The molecule has 1 fully saturated rings. The quantitative estimate of drug-likeness (QED) is 0.709. The van der Waals surface area contributed by atoms with Crippen LogP contribution in [0.15, 0.2) is 24.3 Å². The van der Waals surface area contributed by atoms with Crippen LogP contribution >= 0.6 is 12.4 Å². The summed E-state index contributed by atoms with van der Waals surface area (Å²) in [6, 6.07) is 6.84. The number of carbonyl (C=O) groups is 2. The van der Waals surface area contributed by atoms with Gasteiger partial charge in [-0.1, -0.05) is 0 Å². The van der Waals surface area contributed by atoms with E-state index in [1.54, 1.807) is 24.3 Å². The number of anilines is 1. The summed E-state index contributed by atoms with van der Waals surface area (Å²) >= 11 is 0. The molecule has 0 spiro atoms. The maximum Gasteiger partial charge on any atom is 0.343 e. The molecule has 0 aliphatic heterocycles. The molecule has 0 heterocycles. The Bertz CT molecular complexity index is 489. The number of esters is 1. The molecule has 1 aliphatic carbocycles. The van der Waals surface area contributed by atoms with Gasteiger partial charge in [0.15, 0.2) is 6.61 Å². The van der Waals surface area contributed by atoms with Gasteiger partial charge in [0.1, 0.15) is 5.75 Å². The van der Waals surface area contributed by atoms with E-state index in [0.29, 0.717) is 18.0 Å². The molecule has 2 rings (SSSR count). The molecule has 2 N–H and O–H groups in total.